The SMILES string of the molecule is CC(C)C(C)OC(CBr)c1ccc(Cl)cc1. The number of rotatable bonds is 5. The maximum absolute atomic E-state index is 6.00. The first-order valence-electron chi connectivity index (χ1n) is 5.51. The zero-order valence-corrected chi connectivity index (χ0v) is 12.3. The predicted octanol–water partition coefficient (Wildman–Crippen LogP) is 4.84. The minimum absolute atomic E-state index is 0.0923. The van der Waals surface area contributed by atoms with E-state index in [0.29, 0.717) is 5.92 Å². The monoisotopic (exact) mass is 304 g/mol. The molecule has 0 aliphatic rings. The molecule has 0 amide bonds. The quantitative estimate of drug-likeness (QED) is 0.708. The molecule has 0 heterocycles. The lowest BCUT2D eigenvalue weighted by molar-refractivity contribution is -0.0142. The van der Waals surface area contributed by atoms with Crippen LogP contribution in [0.4, 0.5) is 0 Å². The van der Waals surface area contributed by atoms with Crippen molar-refractivity contribution in [2.75, 3.05) is 5.33 Å². The van der Waals surface area contributed by atoms with E-state index >= 15 is 0 Å². The highest BCUT2D eigenvalue weighted by Gasteiger charge is 2.16. The molecule has 0 N–H and O–H groups in total. The Labute approximate surface area is 111 Å². The van der Waals surface area contributed by atoms with Crippen molar-refractivity contribution in [1.29, 1.82) is 0 Å². The Bertz CT molecular complexity index is 310. The topological polar surface area (TPSA) is 9.23 Å². The van der Waals surface area contributed by atoms with Gasteiger partial charge < -0.3 is 4.74 Å². The summed E-state index contributed by atoms with van der Waals surface area (Å²) in [6.45, 7) is 6.44. The zero-order chi connectivity index (χ0) is 12.1. The first-order valence-corrected chi connectivity index (χ1v) is 7.01. The summed E-state index contributed by atoms with van der Waals surface area (Å²) >= 11 is 9.35. The van der Waals surface area contributed by atoms with Gasteiger partial charge >= 0.3 is 0 Å². The van der Waals surface area contributed by atoms with Crippen LogP contribution >= 0.6 is 27.5 Å². The van der Waals surface area contributed by atoms with Gasteiger partial charge in [0.1, 0.15) is 0 Å². The van der Waals surface area contributed by atoms with Gasteiger partial charge in [0.25, 0.3) is 0 Å². The molecule has 0 radical (unpaired) electrons. The number of ether oxygens (including phenoxy) is 1. The van der Waals surface area contributed by atoms with Crippen LogP contribution in [0, 0.1) is 5.92 Å². The molecule has 0 saturated heterocycles. The second-order valence-corrected chi connectivity index (χ2v) is 5.36. The number of halogens is 2. The van der Waals surface area contributed by atoms with Gasteiger partial charge in [0.2, 0.25) is 0 Å². The normalized spacial score (nSPS) is 15.1. The first-order chi connectivity index (χ1) is 7.54. The van der Waals surface area contributed by atoms with Crippen molar-refractivity contribution in [1.82, 2.24) is 0 Å². The highest BCUT2D eigenvalue weighted by atomic mass is 79.9. The highest BCUT2D eigenvalue weighted by molar-refractivity contribution is 9.09. The van der Waals surface area contributed by atoms with E-state index in [4.69, 9.17) is 16.3 Å². The minimum atomic E-state index is 0.0923. The molecule has 0 aliphatic heterocycles. The van der Waals surface area contributed by atoms with Crippen LogP contribution in [0.25, 0.3) is 0 Å². The van der Waals surface area contributed by atoms with Crippen molar-refractivity contribution in [2.45, 2.75) is 33.0 Å². The van der Waals surface area contributed by atoms with Crippen LogP contribution in [-0.4, -0.2) is 11.4 Å². The summed E-state index contributed by atoms with van der Waals surface area (Å²) in [5.41, 5.74) is 1.16. The van der Waals surface area contributed by atoms with E-state index in [2.05, 4.69) is 36.7 Å². The van der Waals surface area contributed by atoms with Crippen LogP contribution in [0.3, 0.4) is 0 Å². The van der Waals surface area contributed by atoms with E-state index < -0.39 is 0 Å². The Morgan fingerprint density at radius 3 is 2.19 bits per heavy atom. The maximum atomic E-state index is 6.00. The van der Waals surface area contributed by atoms with Crippen LogP contribution in [-0.2, 0) is 4.74 Å². The molecule has 0 aromatic heterocycles. The maximum Gasteiger partial charge on any atom is 0.0925 e. The average molecular weight is 306 g/mol. The summed E-state index contributed by atoms with van der Waals surface area (Å²) in [7, 11) is 0. The van der Waals surface area contributed by atoms with Crippen molar-refractivity contribution >= 4 is 27.5 Å². The third-order valence-corrected chi connectivity index (χ3v) is 3.54. The minimum Gasteiger partial charge on any atom is -0.369 e. The summed E-state index contributed by atoms with van der Waals surface area (Å²) in [5, 5.41) is 1.56. The molecule has 3 heteroatoms. The van der Waals surface area contributed by atoms with Crippen LogP contribution in [0.15, 0.2) is 24.3 Å². The lowest BCUT2D eigenvalue weighted by Gasteiger charge is -2.23. The first kappa shape index (κ1) is 14.0. The largest absolute Gasteiger partial charge is 0.369 e. The fourth-order valence-corrected chi connectivity index (χ4v) is 1.95. The van der Waals surface area contributed by atoms with Crippen LogP contribution in [0.1, 0.15) is 32.4 Å². The molecule has 90 valence electrons. The zero-order valence-electron chi connectivity index (χ0n) is 9.91. The van der Waals surface area contributed by atoms with Crippen LogP contribution in [0.2, 0.25) is 5.02 Å². The van der Waals surface area contributed by atoms with Crippen molar-refractivity contribution in [3.8, 4) is 0 Å². The van der Waals surface area contributed by atoms with Gasteiger partial charge in [0.05, 0.1) is 12.2 Å². The van der Waals surface area contributed by atoms with Gasteiger partial charge in [0, 0.05) is 10.4 Å². The number of hydrogen-bond acceptors (Lipinski definition) is 1. The van der Waals surface area contributed by atoms with Gasteiger partial charge in [-0.3, -0.25) is 0 Å². The van der Waals surface area contributed by atoms with Crippen molar-refractivity contribution in [3.05, 3.63) is 34.9 Å². The Kier molecular flexibility index (Phi) is 5.81. The summed E-state index contributed by atoms with van der Waals surface area (Å²) in [4.78, 5) is 0. The summed E-state index contributed by atoms with van der Waals surface area (Å²) < 4.78 is 6.00. The molecule has 1 rings (SSSR count). The van der Waals surface area contributed by atoms with E-state index in [1.165, 1.54) is 0 Å². The molecule has 0 aliphatic carbocycles. The Hall–Kier alpha value is -0.0500. The molecule has 0 fully saturated rings. The standard InChI is InChI=1S/C13H18BrClO/c1-9(2)10(3)16-13(8-14)11-4-6-12(15)7-5-11/h4-7,9-10,13H,8H2,1-3H3. The van der Waals surface area contributed by atoms with Gasteiger partial charge in [-0.2, -0.15) is 0 Å². The Morgan fingerprint density at radius 2 is 1.75 bits per heavy atom. The molecule has 0 saturated carbocycles. The smallest absolute Gasteiger partial charge is 0.0925 e. The fraction of sp³-hybridized carbons (Fsp3) is 0.538. The summed E-state index contributed by atoms with van der Waals surface area (Å²) in [6.07, 6.45) is 0.341. The third kappa shape index (κ3) is 4.08. The number of hydrogen-bond donors (Lipinski definition) is 0. The molecule has 2 unspecified atom stereocenters. The fourth-order valence-electron chi connectivity index (χ4n) is 1.30. The molecule has 16 heavy (non-hydrogen) atoms. The van der Waals surface area contributed by atoms with Crippen molar-refractivity contribution in [2.24, 2.45) is 5.92 Å². The van der Waals surface area contributed by atoms with Crippen LogP contribution in [0.5, 0.6) is 0 Å². The van der Waals surface area contributed by atoms with Crippen molar-refractivity contribution in [3.63, 3.8) is 0 Å². The molecule has 0 bridgehead atoms. The lowest BCUT2D eigenvalue weighted by atomic mass is 10.1. The van der Waals surface area contributed by atoms with Gasteiger partial charge in [-0.05, 0) is 30.5 Å². The molecular weight excluding hydrogens is 287 g/mol. The molecule has 1 nitrogen and oxygen atoms in total. The highest BCUT2D eigenvalue weighted by Crippen LogP contribution is 2.24. The third-order valence-electron chi connectivity index (χ3n) is 2.70. The average Bonchev–Trinajstić information content (AvgIpc) is 2.26. The number of alkyl halides is 1. The van der Waals surface area contributed by atoms with Gasteiger partial charge in [-0.25, -0.2) is 0 Å². The second kappa shape index (κ2) is 6.63. The van der Waals surface area contributed by atoms with Gasteiger partial charge in [0.15, 0.2) is 0 Å². The molecule has 1 aromatic carbocycles. The molecule has 1 aromatic rings. The predicted molar refractivity (Wildman–Crippen MR) is 73.4 cm³/mol. The van der Waals surface area contributed by atoms with E-state index in [1.807, 2.05) is 24.3 Å². The van der Waals surface area contributed by atoms with Gasteiger partial charge in [-0.15, -0.1) is 0 Å². The van der Waals surface area contributed by atoms with E-state index in [1.54, 1.807) is 0 Å². The van der Waals surface area contributed by atoms with Crippen LogP contribution < -0.4 is 0 Å². The molecular formula is C13H18BrClO. The van der Waals surface area contributed by atoms with Crippen molar-refractivity contribution < 1.29 is 4.74 Å². The number of benzene rings is 1. The van der Waals surface area contributed by atoms with Gasteiger partial charge in [-0.1, -0.05) is 53.5 Å². The Morgan fingerprint density at radius 1 is 1.19 bits per heavy atom. The second-order valence-electron chi connectivity index (χ2n) is 4.28. The van der Waals surface area contributed by atoms with E-state index in [0.717, 1.165) is 15.9 Å². The van der Waals surface area contributed by atoms with E-state index in [-0.39, 0.29) is 12.2 Å². The molecule has 0 spiro atoms. The lowest BCUT2D eigenvalue weighted by Crippen LogP contribution is -2.19. The molecule has 2 atom stereocenters. The summed E-state index contributed by atoms with van der Waals surface area (Å²) in [5.74, 6) is 0.522. The Balaban J connectivity index is 2.70. The summed E-state index contributed by atoms with van der Waals surface area (Å²) in [6, 6.07) is 7.83. The van der Waals surface area contributed by atoms with E-state index in [9.17, 15) is 0 Å².